The van der Waals surface area contributed by atoms with Crippen molar-refractivity contribution in [3.05, 3.63) is 130 Å². The van der Waals surface area contributed by atoms with Crippen LogP contribution >= 0.6 is 11.6 Å². The Bertz CT molecular complexity index is 2060. The fourth-order valence-corrected chi connectivity index (χ4v) is 7.76. The maximum atomic E-state index is 14.3. The highest BCUT2D eigenvalue weighted by molar-refractivity contribution is 6.31. The zero-order chi connectivity index (χ0) is 40.5. The maximum absolute atomic E-state index is 14.3. The first kappa shape index (κ1) is 41.6. The molecule has 0 saturated heterocycles. The Morgan fingerprint density at radius 3 is 2.46 bits per heavy atom. The van der Waals surface area contributed by atoms with Crippen molar-refractivity contribution in [2.75, 3.05) is 42.7 Å². The van der Waals surface area contributed by atoms with Gasteiger partial charge in [-0.05, 0) is 98.0 Å². The Balaban J connectivity index is 1.20. The SMILES string of the molecule is CCOc1ccc2c(c1)CC(NCCCCO)C(=O)N2c1ccc(CN2C(=O)[C@@](O)([C@@H](C)/C=C/CC(=O)N(CCO)Cc3ccccc3)c3cc(Cl)ccc32)cc1. The van der Waals surface area contributed by atoms with Crippen LogP contribution in [-0.4, -0.2) is 76.9 Å². The highest BCUT2D eigenvalue weighted by atomic mass is 35.5. The summed E-state index contributed by atoms with van der Waals surface area (Å²) in [7, 11) is 0. The fourth-order valence-electron chi connectivity index (χ4n) is 7.59. The topological polar surface area (TPSA) is 143 Å². The normalized spacial score (nSPS) is 18.2. The van der Waals surface area contributed by atoms with Crippen LogP contribution in [0.5, 0.6) is 5.75 Å². The summed E-state index contributed by atoms with van der Waals surface area (Å²) in [6.45, 7) is 5.40. The van der Waals surface area contributed by atoms with E-state index in [1.165, 1.54) is 0 Å². The van der Waals surface area contributed by atoms with E-state index in [9.17, 15) is 29.7 Å². The zero-order valence-corrected chi connectivity index (χ0v) is 33.2. The zero-order valence-electron chi connectivity index (χ0n) is 32.4. The Morgan fingerprint density at radius 2 is 1.74 bits per heavy atom. The molecule has 2 aliphatic rings. The van der Waals surface area contributed by atoms with Crippen LogP contribution in [-0.2, 0) is 39.5 Å². The summed E-state index contributed by atoms with van der Waals surface area (Å²) < 4.78 is 5.76. The van der Waals surface area contributed by atoms with Crippen molar-refractivity contribution in [1.82, 2.24) is 10.2 Å². The van der Waals surface area contributed by atoms with Gasteiger partial charge in [-0.15, -0.1) is 0 Å². The van der Waals surface area contributed by atoms with Crippen LogP contribution in [0.2, 0.25) is 5.02 Å². The number of halogens is 1. The van der Waals surface area contributed by atoms with Gasteiger partial charge < -0.3 is 35.2 Å². The van der Waals surface area contributed by atoms with E-state index in [4.69, 9.17) is 16.3 Å². The number of anilines is 3. The van der Waals surface area contributed by atoms with E-state index >= 15 is 0 Å². The minimum atomic E-state index is -1.95. The Kier molecular flexibility index (Phi) is 13.8. The summed E-state index contributed by atoms with van der Waals surface area (Å²) in [6.07, 6.45) is 5.26. The van der Waals surface area contributed by atoms with E-state index in [0.717, 1.165) is 34.5 Å². The lowest BCUT2D eigenvalue weighted by Gasteiger charge is -2.35. The molecule has 2 heterocycles. The second kappa shape index (κ2) is 18.9. The molecule has 0 radical (unpaired) electrons. The molecule has 0 bridgehead atoms. The summed E-state index contributed by atoms with van der Waals surface area (Å²) in [5.74, 6) is -0.780. The quantitative estimate of drug-likeness (QED) is 0.0707. The molecule has 4 N–H and O–H groups in total. The highest BCUT2D eigenvalue weighted by Gasteiger charge is 2.52. The molecule has 0 saturated carbocycles. The number of ether oxygens (including phenoxy) is 1. The van der Waals surface area contributed by atoms with Crippen LogP contribution in [0.15, 0.2) is 103 Å². The van der Waals surface area contributed by atoms with Crippen molar-refractivity contribution in [3.8, 4) is 5.75 Å². The predicted molar refractivity (Wildman–Crippen MR) is 221 cm³/mol. The molecule has 2 aliphatic heterocycles. The number of unbranched alkanes of at least 4 members (excludes halogenated alkanes) is 1. The number of hydrogen-bond acceptors (Lipinski definition) is 8. The van der Waals surface area contributed by atoms with Gasteiger partial charge in [0.2, 0.25) is 11.8 Å². The third-order valence-corrected chi connectivity index (χ3v) is 10.8. The van der Waals surface area contributed by atoms with E-state index in [-0.39, 0.29) is 44.5 Å². The molecule has 6 rings (SSSR count). The minimum Gasteiger partial charge on any atom is -0.494 e. The highest BCUT2D eigenvalue weighted by Crippen LogP contribution is 2.47. The number of rotatable bonds is 18. The Hall–Kier alpha value is -5.04. The molecule has 4 aromatic rings. The monoisotopic (exact) mass is 794 g/mol. The van der Waals surface area contributed by atoms with Crippen molar-refractivity contribution in [1.29, 1.82) is 0 Å². The van der Waals surface area contributed by atoms with Gasteiger partial charge in [-0.3, -0.25) is 19.3 Å². The summed E-state index contributed by atoms with van der Waals surface area (Å²) in [6, 6.07) is 27.3. The van der Waals surface area contributed by atoms with Gasteiger partial charge in [0.25, 0.3) is 5.91 Å². The summed E-state index contributed by atoms with van der Waals surface area (Å²) in [5, 5.41) is 34.8. The van der Waals surface area contributed by atoms with Crippen molar-refractivity contribution >= 4 is 46.4 Å². The Labute approximate surface area is 339 Å². The molecule has 11 nitrogen and oxygen atoms in total. The number of carbonyl (C=O) groups excluding carboxylic acids is 3. The van der Waals surface area contributed by atoms with Crippen molar-refractivity contribution < 1.29 is 34.4 Å². The summed E-state index contributed by atoms with van der Waals surface area (Å²) in [4.78, 5) is 46.3. The maximum Gasteiger partial charge on any atom is 0.264 e. The molecule has 12 heteroatoms. The molecular formula is C45H51ClN4O7. The van der Waals surface area contributed by atoms with E-state index < -0.39 is 23.5 Å². The van der Waals surface area contributed by atoms with Crippen molar-refractivity contribution in [2.24, 2.45) is 5.92 Å². The molecular weight excluding hydrogens is 744 g/mol. The lowest BCUT2D eigenvalue weighted by molar-refractivity contribution is -0.139. The molecule has 4 aromatic carbocycles. The number of carbonyl (C=O) groups is 3. The second-order valence-electron chi connectivity index (χ2n) is 14.5. The minimum absolute atomic E-state index is 0.0259. The lowest BCUT2D eigenvalue weighted by Crippen LogP contribution is -2.49. The molecule has 1 unspecified atom stereocenters. The first-order chi connectivity index (χ1) is 27.6. The van der Waals surface area contributed by atoms with Gasteiger partial charge in [0.05, 0.1) is 37.2 Å². The van der Waals surface area contributed by atoms with Gasteiger partial charge in [0.1, 0.15) is 5.75 Å². The number of aliphatic hydroxyl groups excluding tert-OH is 2. The van der Waals surface area contributed by atoms with Gasteiger partial charge in [-0.1, -0.05) is 73.1 Å². The fraction of sp³-hybridized carbons (Fsp3) is 0.356. The molecule has 0 fully saturated rings. The van der Waals surface area contributed by atoms with Crippen LogP contribution in [0.3, 0.4) is 0 Å². The number of aliphatic hydroxyl groups is 3. The summed E-state index contributed by atoms with van der Waals surface area (Å²) in [5.41, 5.74) is 3.11. The molecule has 57 heavy (non-hydrogen) atoms. The van der Waals surface area contributed by atoms with Crippen LogP contribution in [0, 0.1) is 5.92 Å². The number of benzene rings is 4. The van der Waals surface area contributed by atoms with Crippen LogP contribution in [0.1, 0.15) is 55.4 Å². The average Bonchev–Trinajstić information content (AvgIpc) is 3.42. The Morgan fingerprint density at radius 1 is 0.982 bits per heavy atom. The van der Waals surface area contributed by atoms with Gasteiger partial charge in [0, 0.05) is 48.3 Å². The molecule has 0 spiro atoms. The third-order valence-electron chi connectivity index (χ3n) is 10.6. The largest absolute Gasteiger partial charge is 0.494 e. The van der Waals surface area contributed by atoms with Crippen LogP contribution in [0.25, 0.3) is 0 Å². The van der Waals surface area contributed by atoms with Crippen LogP contribution in [0.4, 0.5) is 17.1 Å². The molecule has 300 valence electrons. The number of fused-ring (bicyclic) bond motifs is 2. The van der Waals surface area contributed by atoms with Crippen molar-refractivity contribution in [3.63, 3.8) is 0 Å². The number of nitrogens with one attached hydrogen (secondary N) is 1. The average molecular weight is 795 g/mol. The first-order valence-electron chi connectivity index (χ1n) is 19.6. The van der Waals surface area contributed by atoms with E-state index in [1.807, 2.05) is 79.7 Å². The van der Waals surface area contributed by atoms with Gasteiger partial charge >= 0.3 is 0 Å². The van der Waals surface area contributed by atoms with Gasteiger partial charge in [-0.25, -0.2) is 0 Å². The lowest BCUT2D eigenvalue weighted by atomic mass is 9.83. The molecule has 3 amide bonds. The predicted octanol–water partition coefficient (Wildman–Crippen LogP) is 6.03. The number of amides is 3. The molecule has 3 atom stereocenters. The number of nitrogens with zero attached hydrogens (tertiary/aromatic N) is 3. The van der Waals surface area contributed by atoms with Crippen LogP contribution < -0.4 is 19.9 Å². The van der Waals surface area contributed by atoms with E-state index in [0.29, 0.717) is 54.5 Å². The smallest absolute Gasteiger partial charge is 0.264 e. The molecule has 0 aliphatic carbocycles. The number of hydrogen-bond donors (Lipinski definition) is 4. The second-order valence-corrected chi connectivity index (χ2v) is 14.9. The van der Waals surface area contributed by atoms with E-state index in [1.54, 1.807) is 52.0 Å². The first-order valence-corrected chi connectivity index (χ1v) is 19.9. The van der Waals surface area contributed by atoms with Gasteiger partial charge in [-0.2, -0.15) is 0 Å². The standard InChI is InChI=1S/C45H51ClN4O7/c1-3-57-37-19-21-40-34(26-37)27-39(47-22-7-8-24-51)43(54)50(40)36-17-14-33(15-18-36)30-49-41-20-16-35(46)28-38(41)45(56,44(49)55)31(2)10-9-13-42(53)48(23-25-52)29-32-11-5-4-6-12-32/h4-6,9-12,14-21,26,28,31,39,47,51-52,56H,3,7-8,13,22-25,27,29-30H2,1-2H3/b10-9+/t31-,39?,45+/m0/s1. The molecule has 0 aromatic heterocycles. The van der Waals surface area contributed by atoms with E-state index in [2.05, 4.69) is 5.32 Å². The summed E-state index contributed by atoms with van der Waals surface area (Å²) >= 11 is 6.42. The van der Waals surface area contributed by atoms with Crippen molar-refractivity contribution in [2.45, 2.75) is 64.3 Å². The van der Waals surface area contributed by atoms with Gasteiger partial charge in [0.15, 0.2) is 5.60 Å². The third kappa shape index (κ3) is 9.24.